The number of hydrogen-bond acceptors (Lipinski definition) is 2. The fourth-order valence-corrected chi connectivity index (χ4v) is 3.37. The lowest BCUT2D eigenvalue weighted by molar-refractivity contribution is 0.112. The van der Waals surface area contributed by atoms with E-state index in [1.54, 1.807) is 17.4 Å². The predicted molar refractivity (Wildman–Crippen MR) is 64.9 cm³/mol. The zero-order valence-electron chi connectivity index (χ0n) is 7.09. The van der Waals surface area contributed by atoms with E-state index in [1.807, 2.05) is 6.07 Å². The van der Waals surface area contributed by atoms with E-state index in [0.29, 0.717) is 10.6 Å². The van der Waals surface area contributed by atoms with Gasteiger partial charge in [-0.2, -0.15) is 0 Å². The minimum atomic E-state index is 0.558. The molecule has 0 spiro atoms. The number of halogens is 2. The second-order valence-electron chi connectivity index (χ2n) is 2.86. The van der Waals surface area contributed by atoms with Gasteiger partial charge in [-0.05, 0) is 22.4 Å². The molecular formula is C10H6BrClOS. The van der Waals surface area contributed by atoms with Crippen LogP contribution in [0.15, 0.2) is 17.5 Å². The van der Waals surface area contributed by atoms with Crippen molar-refractivity contribution >= 4 is 55.2 Å². The van der Waals surface area contributed by atoms with Gasteiger partial charge in [-0.15, -0.1) is 11.3 Å². The maximum absolute atomic E-state index is 10.7. The molecule has 0 saturated heterocycles. The highest BCUT2D eigenvalue weighted by Crippen LogP contribution is 2.34. The van der Waals surface area contributed by atoms with E-state index in [0.717, 1.165) is 21.7 Å². The summed E-state index contributed by atoms with van der Waals surface area (Å²) >= 11 is 11.1. The molecule has 0 radical (unpaired) electrons. The molecule has 72 valence electrons. The zero-order valence-corrected chi connectivity index (χ0v) is 10.2. The highest BCUT2D eigenvalue weighted by Gasteiger charge is 2.09. The van der Waals surface area contributed by atoms with Crippen molar-refractivity contribution in [3.63, 3.8) is 0 Å². The Balaban J connectivity index is 2.78. The molecule has 0 atom stereocenters. The van der Waals surface area contributed by atoms with Crippen LogP contribution in [-0.4, -0.2) is 6.29 Å². The highest BCUT2D eigenvalue weighted by molar-refractivity contribution is 9.08. The van der Waals surface area contributed by atoms with Gasteiger partial charge in [0.25, 0.3) is 0 Å². The summed E-state index contributed by atoms with van der Waals surface area (Å²) in [6, 6.07) is 3.70. The molecular weight excluding hydrogens is 284 g/mol. The fraction of sp³-hybridized carbons (Fsp3) is 0.100. The molecule has 0 aliphatic heterocycles. The molecule has 1 aromatic carbocycles. The maximum atomic E-state index is 10.7. The number of fused-ring (bicyclic) bond motifs is 1. The molecule has 0 N–H and O–H groups in total. The molecule has 0 aliphatic carbocycles. The second-order valence-corrected chi connectivity index (χ2v) is 4.68. The first-order valence-electron chi connectivity index (χ1n) is 3.97. The van der Waals surface area contributed by atoms with Crippen LogP contribution in [0.25, 0.3) is 10.1 Å². The zero-order chi connectivity index (χ0) is 10.1. The molecule has 14 heavy (non-hydrogen) atoms. The number of hydrogen-bond donors (Lipinski definition) is 0. The number of alkyl halides is 1. The molecule has 0 bridgehead atoms. The van der Waals surface area contributed by atoms with Gasteiger partial charge in [0.2, 0.25) is 0 Å². The second kappa shape index (κ2) is 4.01. The lowest BCUT2D eigenvalue weighted by Crippen LogP contribution is -1.81. The summed E-state index contributed by atoms with van der Waals surface area (Å²) in [5, 5.41) is 4.56. The minimum Gasteiger partial charge on any atom is -0.298 e. The van der Waals surface area contributed by atoms with E-state index in [2.05, 4.69) is 21.3 Å². The first-order chi connectivity index (χ1) is 6.77. The molecule has 0 unspecified atom stereocenters. The van der Waals surface area contributed by atoms with Gasteiger partial charge in [0.1, 0.15) is 0 Å². The van der Waals surface area contributed by atoms with Crippen LogP contribution in [-0.2, 0) is 5.33 Å². The standard InChI is InChI=1S/C10H6BrClOS/c11-3-7-5-14-10-8(7)2-1-6(4-13)9(10)12/h1-2,4-5H,3H2. The Labute approximate surface area is 98.8 Å². The molecule has 0 amide bonds. The van der Waals surface area contributed by atoms with Crippen molar-refractivity contribution in [1.29, 1.82) is 0 Å². The fourth-order valence-electron chi connectivity index (χ4n) is 1.33. The summed E-state index contributed by atoms with van der Waals surface area (Å²) < 4.78 is 0.991. The van der Waals surface area contributed by atoms with Gasteiger partial charge < -0.3 is 0 Å². The Morgan fingerprint density at radius 3 is 2.93 bits per heavy atom. The number of carbonyl (C=O) groups excluding carboxylic acids is 1. The van der Waals surface area contributed by atoms with Crippen LogP contribution in [0.5, 0.6) is 0 Å². The number of thiophene rings is 1. The van der Waals surface area contributed by atoms with Crippen LogP contribution < -0.4 is 0 Å². The van der Waals surface area contributed by atoms with Gasteiger partial charge in [0, 0.05) is 10.9 Å². The normalized spacial score (nSPS) is 10.7. The van der Waals surface area contributed by atoms with Crippen molar-refractivity contribution in [2.45, 2.75) is 5.33 Å². The van der Waals surface area contributed by atoms with Crippen LogP contribution >= 0.6 is 38.9 Å². The third kappa shape index (κ3) is 1.49. The number of carbonyl (C=O) groups is 1. The Morgan fingerprint density at radius 2 is 2.29 bits per heavy atom. The van der Waals surface area contributed by atoms with E-state index in [4.69, 9.17) is 11.6 Å². The molecule has 2 aromatic rings. The smallest absolute Gasteiger partial charge is 0.151 e. The van der Waals surface area contributed by atoms with Crippen molar-refractivity contribution < 1.29 is 4.79 Å². The summed E-state index contributed by atoms with van der Waals surface area (Å²) in [5.41, 5.74) is 1.77. The highest BCUT2D eigenvalue weighted by atomic mass is 79.9. The SMILES string of the molecule is O=Cc1ccc2c(CBr)csc2c1Cl. The van der Waals surface area contributed by atoms with Crippen molar-refractivity contribution in [3.8, 4) is 0 Å². The molecule has 0 fully saturated rings. The van der Waals surface area contributed by atoms with Gasteiger partial charge in [0.15, 0.2) is 6.29 Å². The summed E-state index contributed by atoms with van der Waals surface area (Å²) in [4.78, 5) is 10.7. The minimum absolute atomic E-state index is 0.558. The predicted octanol–water partition coefficient (Wildman–Crippen LogP) is 4.26. The quantitative estimate of drug-likeness (QED) is 0.596. The Kier molecular flexibility index (Phi) is 2.91. The molecule has 0 aliphatic rings. The largest absolute Gasteiger partial charge is 0.298 e. The summed E-state index contributed by atoms with van der Waals surface area (Å²) in [5.74, 6) is 0. The van der Waals surface area contributed by atoms with Gasteiger partial charge in [0.05, 0.1) is 9.72 Å². The molecule has 1 heterocycles. The first kappa shape index (κ1) is 10.1. The van der Waals surface area contributed by atoms with E-state index < -0.39 is 0 Å². The molecule has 2 rings (SSSR count). The van der Waals surface area contributed by atoms with Gasteiger partial charge in [-0.3, -0.25) is 4.79 Å². The lowest BCUT2D eigenvalue weighted by atomic mass is 10.1. The van der Waals surface area contributed by atoms with Gasteiger partial charge in [-0.1, -0.05) is 33.6 Å². The van der Waals surface area contributed by atoms with Crippen molar-refractivity contribution in [2.75, 3.05) is 0 Å². The Morgan fingerprint density at radius 1 is 1.50 bits per heavy atom. The Hall–Kier alpha value is -0.380. The van der Waals surface area contributed by atoms with E-state index in [-0.39, 0.29) is 0 Å². The van der Waals surface area contributed by atoms with Crippen molar-refractivity contribution in [1.82, 2.24) is 0 Å². The molecule has 0 saturated carbocycles. The van der Waals surface area contributed by atoms with Crippen LogP contribution in [0.4, 0.5) is 0 Å². The average molecular weight is 290 g/mol. The van der Waals surface area contributed by atoms with Crippen LogP contribution in [0.3, 0.4) is 0 Å². The number of aldehydes is 1. The average Bonchev–Trinajstić information content (AvgIpc) is 2.62. The number of rotatable bonds is 2. The molecule has 4 heteroatoms. The first-order valence-corrected chi connectivity index (χ1v) is 6.35. The summed E-state index contributed by atoms with van der Waals surface area (Å²) in [6.07, 6.45) is 0.787. The molecule has 1 nitrogen and oxygen atoms in total. The van der Waals surface area contributed by atoms with E-state index in [9.17, 15) is 4.79 Å². The maximum Gasteiger partial charge on any atom is 0.151 e. The van der Waals surface area contributed by atoms with Crippen LogP contribution in [0, 0.1) is 0 Å². The van der Waals surface area contributed by atoms with E-state index in [1.165, 1.54) is 5.56 Å². The topological polar surface area (TPSA) is 17.1 Å². The number of benzene rings is 1. The van der Waals surface area contributed by atoms with Crippen LogP contribution in [0.1, 0.15) is 15.9 Å². The monoisotopic (exact) mass is 288 g/mol. The third-order valence-electron chi connectivity index (χ3n) is 2.06. The summed E-state index contributed by atoms with van der Waals surface area (Å²) in [7, 11) is 0. The summed E-state index contributed by atoms with van der Waals surface area (Å²) in [6.45, 7) is 0. The van der Waals surface area contributed by atoms with Crippen LogP contribution in [0.2, 0.25) is 5.02 Å². The van der Waals surface area contributed by atoms with Gasteiger partial charge >= 0.3 is 0 Å². The van der Waals surface area contributed by atoms with Gasteiger partial charge in [-0.25, -0.2) is 0 Å². The van der Waals surface area contributed by atoms with Crippen molar-refractivity contribution in [3.05, 3.63) is 33.7 Å². The lowest BCUT2D eigenvalue weighted by Gasteiger charge is -1.98. The van der Waals surface area contributed by atoms with E-state index >= 15 is 0 Å². The van der Waals surface area contributed by atoms with Crippen molar-refractivity contribution in [2.24, 2.45) is 0 Å². The molecule has 1 aromatic heterocycles. The Bertz CT molecular complexity index is 492. The third-order valence-corrected chi connectivity index (χ3v) is 4.25.